The molecule has 1 saturated carbocycles. The van der Waals surface area contributed by atoms with Gasteiger partial charge in [-0.3, -0.25) is 0 Å². The summed E-state index contributed by atoms with van der Waals surface area (Å²) in [5.74, 6) is 1.13. The van der Waals surface area contributed by atoms with Gasteiger partial charge >= 0.3 is 198 Å². The number of carbonyl (C=O) groups is 1. The summed E-state index contributed by atoms with van der Waals surface area (Å²) in [5.41, 5.74) is 3.72. The van der Waals surface area contributed by atoms with Gasteiger partial charge in [0.25, 0.3) is 0 Å². The van der Waals surface area contributed by atoms with E-state index >= 15 is 0 Å². The molecule has 10 nitrogen and oxygen atoms in total. The van der Waals surface area contributed by atoms with E-state index in [1.807, 2.05) is 4.90 Å². The summed E-state index contributed by atoms with van der Waals surface area (Å²) in [6.45, 7) is 0.755. The van der Waals surface area contributed by atoms with Crippen molar-refractivity contribution >= 4 is 42.6 Å². The third-order valence-corrected chi connectivity index (χ3v) is 9.08. The minimum atomic E-state index is -0.347. The van der Waals surface area contributed by atoms with E-state index in [4.69, 9.17) is 14.4 Å². The van der Waals surface area contributed by atoms with Gasteiger partial charge in [-0.2, -0.15) is 0 Å². The van der Waals surface area contributed by atoms with Gasteiger partial charge in [0.05, 0.1) is 0 Å². The van der Waals surface area contributed by atoms with Crippen LogP contribution in [-0.4, -0.2) is 64.6 Å². The van der Waals surface area contributed by atoms with Crippen molar-refractivity contribution in [1.29, 1.82) is 0 Å². The number of rotatable bonds is 6. The normalized spacial score (nSPS) is 20.8. The molecule has 2 fully saturated rings. The summed E-state index contributed by atoms with van der Waals surface area (Å²) in [5, 5.41) is 18.0. The Morgan fingerprint density at radius 3 is 2.91 bits per heavy atom. The Balaban J connectivity index is 1.25. The molecule has 1 saturated heterocycles. The first-order chi connectivity index (χ1) is 16.2. The molecule has 6 rings (SSSR count). The van der Waals surface area contributed by atoms with E-state index in [1.54, 1.807) is 0 Å². The fraction of sp³-hybridized carbons (Fsp3) is 0.545. The van der Waals surface area contributed by atoms with Crippen LogP contribution in [0.3, 0.4) is 0 Å². The molecule has 33 heavy (non-hydrogen) atoms. The Bertz CT molecular complexity index is 1140. The molecule has 0 spiro atoms. The molecule has 0 aromatic carbocycles. The van der Waals surface area contributed by atoms with Crippen LogP contribution in [0.15, 0.2) is 16.9 Å². The van der Waals surface area contributed by atoms with Crippen LogP contribution in [0.5, 0.6) is 0 Å². The van der Waals surface area contributed by atoms with Crippen LogP contribution in [0.1, 0.15) is 67.8 Å². The number of nitrogens with one attached hydrogen (secondary N) is 2. The molecule has 1 aliphatic heterocycles. The number of nitrogens with zero attached hydrogens (tertiary/aromatic N) is 6. The topological polar surface area (TPSA) is 126 Å². The first-order valence-electron chi connectivity index (χ1n) is 11.7. The maximum absolute atomic E-state index is 12.9. The van der Waals surface area contributed by atoms with E-state index in [1.165, 1.54) is 43.3 Å². The Morgan fingerprint density at radius 2 is 2.06 bits per heavy atom. The fourth-order valence-electron chi connectivity index (χ4n) is 5.25. The van der Waals surface area contributed by atoms with Crippen molar-refractivity contribution in [2.75, 3.05) is 16.8 Å². The molecule has 3 aliphatic rings. The second-order valence-electron chi connectivity index (χ2n) is 8.99. The van der Waals surface area contributed by atoms with Crippen LogP contribution in [0, 0.1) is 0 Å². The fourth-order valence-corrected chi connectivity index (χ4v) is 7.43. The molecule has 171 valence electrons. The van der Waals surface area contributed by atoms with Gasteiger partial charge in [-0.25, -0.2) is 0 Å². The van der Waals surface area contributed by atoms with E-state index in [0.29, 0.717) is 11.9 Å². The number of aromatic nitrogens is 6. The van der Waals surface area contributed by atoms with Crippen molar-refractivity contribution in [2.24, 2.45) is 0 Å². The predicted octanol–water partition coefficient (Wildman–Crippen LogP) is 0.991. The van der Waals surface area contributed by atoms with E-state index < -0.39 is 0 Å². The zero-order valence-corrected chi connectivity index (χ0v) is 20.2. The van der Waals surface area contributed by atoms with Crippen LogP contribution >= 0.6 is 0 Å². The molecule has 11 heteroatoms. The van der Waals surface area contributed by atoms with E-state index in [0.717, 1.165) is 53.3 Å². The van der Waals surface area contributed by atoms with Crippen molar-refractivity contribution in [2.45, 2.75) is 69.7 Å². The Morgan fingerprint density at radius 1 is 1.15 bits per heavy atom. The van der Waals surface area contributed by atoms with Gasteiger partial charge in [0.15, 0.2) is 0 Å². The maximum atomic E-state index is 12.9. The number of aryl methyl sites for hydroxylation is 1. The first-order valence-corrected chi connectivity index (χ1v) is 13.6. The third kappa shape index (κ3) is 4.16. The molecule has 1 atom stereocenters. The molecule has 4 heterocycles. The summed E-state index contributed by atoms with van der Waals surface area (Å²) in [7, 11) is 0. The van der Waals surface area contributed by atoms with Gasteiger partial charge in [0.1, 0.15) is 0 Å². The zero-order valence-electron chi connectivity index (χ0n) is 18.3. The second kappa shape index (κ2) is 8.89. The van der Waals surface area contributed by atoms with Crippen LogP contribution in [0.2, 0.25) is 0 Å². The van der Waals surface area contributed by atoms with Crippen LogP contribution in [0.4, 0.5) is 12.0 Å². The van der Waals surface area contributed by atoms with Crippen molar-refractivity contribution in [3.05, 3.63) is 29.4 Å². The van der Waals surface area contributed by atoms with E-state index in [2.05, 4.69) is 31.8 Å². The number of carbonyl (C=O) groups excluding carboxylic acids is 1. The predicted molar refractivity (Wildman–Crippen MR) is 122 cm³/mol. The molecule has 1 amide bonds. The van der Waals surface area contributed by atoms with Gasteiger partial charge in [-0.15, -0.1) is 0 Å². The minimum absolute atomic E-state index is 0.115. The zero-order chi connectivity index (χ0) is 22.2. The van der Waals surface area contributed by atoms with Gasteiger partial charge in [-0.1, -0.05) is 0 Å². The third-order valence-electron chi connectivity index (χ3n) is 6.90. The number of hydrogen-bond acceptors (Lipinski definition) is 8. The molecule has 2 aliphatic carbocycles. The molecular weight excluding hydrogens is 483 g/mol. The molecular formula is C22H26AsN8O2. The molecule has 1 radical (unpaired) electrons. The number of hydrogen-bond donors (Lipinski definition) is 2. The molecule has 0 unspecified atom stereocenters. The molecule has 0 bridgehead atoms. The Hall–Kier alpha value is -2.74. The van der Waals surface area contributed by atoms with E-state index in [9.17, 15) is 4.79 Å². The first kappa shape index (κ1) is 20.8. The van der Waals surface area contributed by atoms with Crippen molar-refractivity contribution < 1.29 is 9.21 Å². The van der Waals surface area contributed by atoms with Crippen molar-refractivity contribution in [3.8, 4) is 0 Å². The van der Waals surface area contributed by atoms with Crippen LogP contribution < -0.4 is 19.2 Å². The molecule has 3 aromatic heterocycles. The molecule has 2 N–H and O–H groups in total. The number of amides is 1. The number of aromatic amines is 1. The van der Waals surface area contributed by atoms with E-state index in [-0.39, 0.29) is 33.7 Å². The van der Waals surface area contributed by atoms with Crippen molar-refractivity contribution in [1.82, 2.24) is 30.4 Å². The summed E-state index contributed by atoms with van der Waals surface area (Å²) in [6, 6.07) is 2.03. The van der Waals surface area contributed by atoms with Gasteiger partial charge < -0.3 is 0 Å². The van der Waals surface area contributed by atoms with Gasteiger partial charge in [0.2, 0.25) is 0 Å². The van der Waals surface area contributed by atoms with Crippen LogP contribution in [0.25, 0.3) is 0 Å². The average Bonchev–Trinajstić information content (AvgIpc) is 3.64. The SMILES string of the molecule is O=C(Nc1nnco1)[C@@H]1CCCN1c1nc2c(c([As]c3cc(C4CCCC4)[nH]n3)n1)CCC2. The second-order valence-corrected chi connectivity index (χ2v) is 11.3. The number of fused-ring (bicyclic) bond motifs is 1. The van der Waals surface area contributed by atoms with Gasteiger partial charge in [-0.05, 0) is 0 Å². The quantitative estimate of drug-likeness (QED) is 0.472. The summed E-state index contributed by atoms with van der Waals surface area (Å²) in [4.78, 5) is 24.9. The Kier molecular flexibility index (Phi) is 5.61. The van der Waals surface area contributed by atoms with Crippen LogP contribution in [-0.2, 0) is 17.6 Å². The monoisotopic (exact) mass is 509 g/mol. The number of H-pyrrole nitrogens is 1. The standard InChI is InChI=1S/C22H26AsN8O2/c32-20(27-22-30-24-12-33-22)17-9-4-10-31(17)21-25-15-8-3-7-14(15)19(26-21)23-18-11-16(28-29-18)13-5-1-2-6-13/h11-13,17H,1-10H2,(H,28,29)(H,27,30,32)/t17-/m0/s1. The summed E-state index contributed by atoms with van der Waals surface area (Å²) >= 11 is -0.343. The van der Waals surface area contributed by atoms with Gasteiger partial charge in [0, 0.05) is 0 Å². The van der Waals surface area contributed by atoms with Crippen molar-refractivity contribution in [3.63, 3.8) is 0 Å². The summed E-state index contributed by atoms with van der Waals surface area (Å²) < 4.78 is 7.34. The number of anilines is 2. The average molecular weight is 509 g/mol. The molecule has 3 aromatic rings. The Labute approximate surface area is 198 Å². The summed E-state index contributed by atoms with van der Waals surface area (Å²) in [6.07, 6.45) is 11.1.